The van der Waals surface area contributed by atoms with Crippen molar-refractivity contribution in [3.8, 4) is 5.75 Å². The van der Waals surface area contributed by atoms with Gasteiger partial charge < -0.3 is 10.4 Å². The van der Waals surface area contributed by atoms with E-state index in [0.29, 0.717) is 17.8 Å². The number of phenols is 1. The molecule has 2 aromatic carbocycles. The van der Waals surface area contributed by atoms with Crippen molar-refractivity contribution in [1.82, 2.24) is 0 Å². The van der Waals surface area contributed by atoms with Crippen molar-refractivity contribution in [1.29, 1.82) is 0 Å². The van der Waals surface area contributed by atoms with E-state index in [-0.39, 0.29) is 20.8 Å². The predicted molar refractivity (Wildman–Crippen MR) is 76.9 cm³/mol. The van der Waals surface area contributed by atoms with Crippen molar-refractivity contribution in [2.45, 2.75) is 6.54 Å². The lowest BCUT2D eigenvalue weighted by atomic mass is 10.2. The van der Waals surface area contributed by atoms with Crippen molar-refractivity contribution in [3.63, 3.8) is 0 Å². The molecule has 19 heavy (non-hydrogen) atoms. The van der Waals surface area contributed by atoms with Crippen LogP contribution in [0.2, 0.25) is 15.1 Å². The summed E-state index contributed by atoms with van der Waals surface area (Å²) in [7, 11) is 0. The molecule has 0 saturated heterocycles. The second-order valence-corrected chi connectivity index (χ2v) is 5.08. The Labute approximate surface area is 124 Å². The maximum absolute atomic E-state index is 13.2. The molecule has 0 aliphatic carbocycles. The number of halogens is 4. The fourth-order valence-electron chi connectivity index (χ4n) is 1.56. The van der Waals surface area contributed by atoms with Crippen LogP contribution in [0.4, 0.5) is 10.1 Å². The van der Waals surface area contributed by atoms with Gasteiger partial charge in [0.1, 0.15) is 5.75 Å². The van der Waals surface area contributed by atoms with E-state index < -0.39 is 5.82 Å². The number of para-hydroxylation sites is 1. The lowest BCUT2D eigenvalue weighted by molar-refractivity contribution is 0.469. The lowest BCUT2D eigenvalue weighted by Gasteiger charge is -2.10. The van der Waals surface area contributed by atoms with E-state index in [1.165, 1.54) is 12.1 Å². The molecule has 0 unspecified atom stereocenters. The van der Waals surface area contributed by atoms with Gasteiger partial charge in [-0.3, -0.25) is 0 Å². The Kier molecular flexibility index (Phi) is 4.40. The summed E-state index contributed by atoms with van der Waals surface area (Å²) in [6.45, 7) is 0.310. The highest BCUT2D eigenvalue weighted by Gasteiger charge is 2.09. The molecule has 0 fully saturated rings. The zero-order valence-corrected chi connectivity index (χ0v) is 11.8. The summed E-state index contributed by atoms with van der Waals surface area (Å²) in [5.74, 6) is -0.643. The van der Waals surface area contributed by atoms with Crippen molar-refractivity contribution >= 4 is 40.5 Å². The van der Waals surface area contributed by atoms with Crippen LogP contribution in [0.1, 0.15) is 5.56 Å². The molecule has 0 radical (unpaired) electrons. The zero-order chi connectivity index (χ0) is 14.0. The first-order valence-corrected chi connectivity index (χ1v) is 6.47. The maximum atomic E-state index is 13.2. The highest BCUT2D eigenvalue weighted by atomic mass is 35.5. The van der Waals surface area contributed by atoms with E-state index in [4.69, 9.17) is 34.8 Å². The topological polar surface area (TPSA) is 32.3 Å². The maximum Gasteiger partial charge on any atom is 0.160 e. The van der Waals surface area contributed by atoms with Crippen LogP contribution in [-0.4, -0.2) is 5.11 Å². The fourth-order valence-corrected chi connectivity index (χ4v) is 2.24. The second-order valence-electron chi connectivity index (χ2n) is 3.85. The number of aromatic hydroxyl groups is 1. The van der Waals surface area contributed by atoms with Crippen LogP contribution in [0.3, 0.4) is 0 Å². The normalized spacial score (nSPS) is 10.5. The number of benzene rings is 2. The largest absolute Gasteiger partial charge is 0.506 e. The van der Waals surface area contributed by atoms with Crippen LogP contribution in [-0.2, 0) is 6.54 Å². The van der Waals surface area contributed by atoms with Gasteiger partial charge in [-0.25, -0.2) is 4.39 Å². The van der Waals surface area contributed by atoms with Gasteiger partial charge in [-0.1, -0.05) is 46.9 Å². The first-order valence-electron chi connectivity index (χ1n) is 5.34. The van der Waals surface area contributed by atoms with Gasteiger partial charge in [0.05, 0.1) is 15.1 Å². The van der Waals surface area contributed by atoms with Gasteiger partial charge in [-0.15, -0.1) is 0 Å². The van der Waals surface area contributed by atoms with E-state index in [0.717, 1.165) is 0 Å². The van der Waals surface area contributed by atoms with Gasteiger partial charge in [0, 0.05) is 17.8 Å². The van der Waals surface area contributed by atoms with E-state index in [1.807, 2.05) is 0 Å². The highest BCUT2D eigenvalue weighted by Crippen LogP contribution is 2.30. The average Bonchev–Trinajstić information content (AvgIpc) is 2.37. The van der Waals surface area contributed by atoms with Crippen molar-refractivity contribution < 1.29 is 9.50 Å². The molecular formula is C13H9Cl3FNO. The average molecular weight is 321 g/mol. The smallest absolute Gasteiger partial charge is 0.160 e. The monoisotopic (exact) mass is 319 g/mol. The summed E-state index contributed by atoms with van der Waals surface area (Å²) in [4.78, 5) is 0. The quantitative estimate of drug-likeness (QED) is 0.771. The molecule has 0 aliphatic rings. The summed E-state index contributed by atoms with van der Waals surface area (Å²) in [5.41, 5.74) is 1.17. The Balaban J connectivity index is 2.17. The molecule has 0 amide bonds. The summed E-state index contributed by atoms with van der Waals surface area (Å²) in [6, 6.07) is 7.88. The lowest BCUT2D eigenvalue weighted by Crippen LogP contribution is -2.00. The third-order valence-corrected chi connectivity index (χ3v) is 3.39. The summed E-state index contributed by atoms with van der Waals surface area (Å²) < 4.78 is 13.2. The van der Waals surface area contributed by atoms with Crippen molar-refractivity contribution in [2.75, 3.05) is 5.32 Å². The Hall–Kier alpha value is -1.16. The number of rotatable bonds is 3. The number of hydrogen-bond acceptors (Lipinski definition) is 2. The number of hydrogen-bond donors (Lipinski definition) is 2. The molecule has 0 heterocycles. The van der Waals surface area contributed by atoms with Crippen molar-refractivity contribution in [2.24, 2.45) is 0 Å². The molecule has 0 saturated carbocycles. The third-order valence-electron chi connectivity index (χ3n) is 2.54. The predicted octanol–water partition coefficient (Wildman–Crippen LogP) is 5.10. The van der Waals surface area contributed by atoms with Gasteiger partial charge in [0.25, 0.3) is 0 Å². The summed E-state index contributed by atoms with van der Waals surface area (Å²) in [5, 5.41) is 12.9. The van der Waals surface area contributed by atoms with E-state index >= 15 is 0 Å². The van der Waals surface area contributed by atoms with E-state index in [2.05, 4.69) is 5.32 Å². The fraction of sp³-hybridized carbons (Fsp3) is 0.0769. The Morgan fingerprint density at radius 3 is 2.32 bits per heavy atom. The first-order chi connectivity index (χ1) is 8.99. The standard InChI is InChI=1S/C13H9Cl3FNO/c14-9-3-1-2-7(13(9)19)6-18-8-4-10(15)12(17)11(16)5-8/h1-5,18-19H,6H2. The molecule has 0 aromatic heterocycles. The highest BCUT2D eigenvalue weighted by molar-refractivity contribution is 6.35. The van der Waals surface area contributed by atoms with Crippen LogP contribution in [0.15, 0.2) is 30.3 Å². The Morgan fingerprint density at radius 2 is 1.68 bits per heavy atom. The zero-order valence-electron chi connectivity index (χ0n) is 9.55. The third kappa shape index (κ3) is 3.24. The Morgan fingerprint density at radius 1 is 1.05 bits per heavy atom. The van der Waals surface area contributed by atoms with Crippen LogP contribution in [0, 0.1) is 5.82 Å². The van der Waals surface area contributed by atoms with Gasteiger partial charge in [-0.05, 0) is 18.2 Å². The van der Waals surface area contributed by atoms with Gasteiger partial charge in [0.2, 0.25) is 0 Å². The molecule has 0 spiro atoms. The minimum Gasteiger partial charge on any atom is -0.506 e. The molecule has 2 nitrogen and oxygen atoms in total. The van der Waals surface area contributed by atoms with Crippen molar-refractivity contribution in [3.05, 3.63) is 56.8 Å². The minimum atomic E-state index is -0.653. The van der Waals surface area contributed by atoms with Gasteiger partial charge in [-0.2, -0.15) is 0 Å². The number of nitrogens with one attached hydrogen (secondary N) is 1. The van der Waals surface area contributed by atoms with E-state index in [9.17, 15) is 9.50 Å². The molecule has 2 aromatic rings. The van der Waals surface area contributed by atoms with Crippen LogP contribution in [0.25, 0.3) is 0 Å². The first kappa shape index (κ1) is 14.3. The minimum absolute atomic E-state index is 0.0102. The van der Waals surface area contributed by atoms with Crippen LogP contribution < -0.4 is 5.32 Å². The molecule has 100 valence electrons. The summed E-state index contributed by atoms with van der Waals surface area (Å²) >= 11 is 17.2. The molecular weight excluding hydrogens is 312 g/mol. The molecule has 2 N–H and O–H groups in total. The number of anilines is 1. The second kappa shape index (κ2) is 5.87. The molecule has 6 heteroatoms. The van der Waals surface area contributed by atoms with Crippen LogP contribution >= 0.6 is 34.8 Å². The molecule has 0 atom stereocenters. The van der Waals surface area contributed by atoms with Crippen LogP contribution in [0.5, 0.6) is 5.75 Å². The van der Waals surface area contributed by atoms with E-state index in [1.54, 1.807) is 18.2 Å². The van der Waals surface area contributed by atoms with Gasteiger partial charge in [0.15, 0.2) is 5.82 Å². The molecule has 0 bridgehead atoms. The Bertz CT molecular complexity index is 596. The molecule has 0 aliphatic heterocycles. The van der Waals surface area contributed by atoms with Gasteiger partial charge >= 0.3 is 0 Å². The molecule has 2 rings (SSSR count). The number of phenolic OH excluding ortho intramolecular Hbond substituents is 1. The summed E-state index contributed by atoms with van der Waals surface area (Å²) in [6.07, 6.45) is 0. The SMILES string of the molecule is Oc1c(Cl)cccc1CNc1cc(Cl)c(F)c(Cl)c1.